The fourth-order valence-corrected chi connectivity index (χ4v) is 4.11. The fourth-order valence-electron chi connectivity index (χ4n) is 4.11. The SMILES string of the molecule is Cc1ccc(/C(O)=C2\C(=O)C(=O)N(CCN(C)C)C2c2c[nH]c3ccccc23)cc1C. The molecule has 0 aliphatic carbocycles. The predicted molar refractivity (Wildman–Crippen MR) is 122 cm³/mol. The average Bonchev–Trinajstić information content (AvgIpc) is 3.27. The number of aliphatic hydroxyl groups excluding tert-OH is 1. The molecule has 4 rings (SSSR count). The summed E-state index contributed by atoms with van der Waals surface area (Å²) in [6.07, 6.45) is 1.83. The second-order valence-electron chi connectivity index (χ2n) is 8.38. The number of likely N-dealkylation sites (N-methyl/N-ethyl adjacent to an activating group) is 1. The number of ketones is 1. The third-order valence-electron chi connectivity index (χ3n) is 6.02. The lowest BCUT2D eigenvalue weighted by molar-refractivity contribution is -0.140. The van der Waals surface area contributed by atoms with Gasteiger partial charge in [0.1, 0.15) is 5.76 Å². The number of carbonyl (C=O) groups excluding carboxylic acids is 2. The van der Waals surface area contributed by atoms with Crippen molar-refractivity contribution in [3.05, 3.63) is 76.5 Å². The zero-order valence-electron chi connectivity index (χ0n) is 18.3. The molecule has 31 heavy (non-hydrogen) atoms. The lowest BCUT2D eigenvalue weighted by Gasteiger charge is -2.26. The Labute approximate surface area is 181 Å². The smallest absolute Gasteiger partial charge is 0.295 e. The van der Waals surface area contributed by atoms with Crippen molar-refractivity contribution in [1.82, 2.24) is 14.8 Å². The van der Waals surface area contributed by atoms with E-state index >= 15 is 0 Å². The summed E-state index contributed by atoms with van der Waals surface area (Å²) in [6, 6.07) is 12.7. The second kappa shape index (κ2) is 8.04. The molecule has 1 aromatic heterocycles. The van der Waals surface area contributed by atoms with Crippen LogP contribution in [-0.2, 0) is 9.59 Å². The molecule has 0 bridgehead atoms. The van der Waals surface area contributed by atoms with Gasteiger partial charge in [0.05, 0.1) is 11.6 Å². The van der Waals surface area contributed by atoms with Gasteiger partial charge in [0.15, 0.2) is 0 Å². The number of hydrogen-bond donors (Lipinski definition) is 2. The standard InChI is InChI=1S/C25H27N3O3/c1-15-9-10-17(13-16(15)2)23(29)21-22(19-14-26-20-8-6-5-7-18(19)20)28(12-11-27(3)4)25(31)24(21)30/h5-10,13-14,22,26,29H,11-12H2,1-4H3/b23-21+. The first-order valence-corrected chi connectivity index (χ1v) is 10.4. The molecule has 6 nitrogen and oxygen atoms in total. The molecule has 1 amide bonds. The maximum atomic E-state index is 13.1. The first-order chi connectivity index (χ1) is 14.8. The van der Waals surface area contributed by atoms with Crippen LogP contribution in [0, 0.1) is 13.8 Å². The number of aliphatic hydroxyl groups is 1. The number of para-hydroxylation sites is 1. The summed E-state index contributed by atoms with van der Waals surface area (Å²) in [6.45, 7) is 4.94. The Bertz CT molecular complexity index is 1210. The van der Waals surface area contributed by atoms with Crippen molar-refractivity contribution < 1.29 is 14.7 Å². The van der Waals surface area contributed by atoms with Gasteiger partial charge < -0.3 is 19.9 Å². The molecule has 0 radical (unpaired) electrons. The number of aromatic amines is 1. The highest BCUT2D eigenvalue weighted by atomic mass is 16.3. The number of Topliss-reactive ketones (excluding diaryl/α,β-unsaturated/α-hetero) is 1. The summed E-state index contributed by atoms with van der Waals surface area (Å²) in [7, 11) is 3.85. The maximum absolute atomic E-state index is 13.1. The van der Waals surface area contributed by atoms with E-state index < -0.39 is 17.7 Å². The minimum absolute atomic E-state index is 0.135. The van der Waals surface area contributed by atoms with E-state index in [9.17, 15) is 14.7 Å². The molecular formula is C25H27N3O3. The number of fused-ring (bicyclic) bond motifs is 1. The Hall–Kier alpha value is -3.38. The summed E-state index contributed by atoms with van der Waals surface area (Å²) in [5.41, 5.74) is 4.50. The van der Waals surface area contributed by atoms with E-state index in [-0.39, 0.29) is 11.3 Å². The van der Waals surface area contributed by atoms with Crippen LogP contribution in [-0.4, -0.2) is 58.8 Å². The molecule has 1 saturated heterocycles. The van der Waals surface area contributed by atoms with E-state index in [2.05, 4.69) is 4.98 Å². The Morgan fingerprint density at radius 3 is 2.55 bits per heavy atom. The van der Waals surface area contributed by atoms with Gasteiger partial charge in [0, 0.05) is 41.3 Å². The Morgan fingerprint density at radius 1 is 1.10 bits per heavy atom. The summed E-state index contributed by atoms with van der Waals surface area (Å²) >= 11 is 0. The largest absolute Gasteiger partial charge is 0.507 e. The lowest BCUT2D eigenvalue weighted by atomic mass is 9.94. The number of rotatable bonds is 5. The number of H-pyrrole nitrogens is 1. The van der Waals surface area contributed by atoms with Gasteiger partial charge in [0.2, 0.25) is 0 Å². The third-order valence-corrected chi connectivity index (χ3v) is 6.02. The number of nitrogens with zero attached hydrogens (tertiary/aromatic N) is 2. The first kappa shape index (κ1) is 20.9. The second-order valence-corrected chi connectivity index (χ2v) is 8.38. The molecular weight excluding hydrogens is 390 g/mol. The zero-order chi connectivity index (χ0) is 22.3. The van der Waals surface area contributed by atoms with Crippen LogP contribution in [0.3, 0.4) is 0 Å². The van der Waals surface area contributed by atoms with Crippen LogP contribution in [0.5, 0.6) is 0 Å². The molecule has 1 aliphatic rings. The summed E-state index contributed by atoms with van der Waals surface area (Å²) in [5.74, 6) is -1.36. The van der Waals surface area contributed by atoms with Gasteiger partial charge in [-0.1, -0.05) is 30.3 Å². The molecule has 0 spiro atoms. The van der Waals surface area contributed by atoms with Gasteiger partial charge in [0.25, 0.3) is 11.7 Å². The van der Waals surface area contributed by atoms with E-state index in [1.54, 1.807) is 11.0 Å². The van der Waals surface area contributed by atoms with Crippen LogP contribution in [0.25, 0.3) is 16.7 Å². The number of benzene rings is 2. The van der Waals surface area contributed by atoms with Crippen molar-refractivity contribution in [3.8, 4) is 0 Å². The molecule has 6 heteroatoms. The Balaban J connectivity index is 1.92. The van der Waals surface area contributed by atoms with Gasteiger partial charge in [-0.05, 0) is 51.2 Å². The summed E-state index contributed by atoms with van der Waals surface area (Å²) < 4.78 is 0. The van der Waals surface area contributed by atoms with Crippen molar-refractivity contribution >= 4 is 28.4 Å². The fraction of sp³-hybridized carbons (Fsp3) is 0.280. The molecule has 0 saturated carbocycles. The molecule has 2 heterocycles. The van der Waals surface area contributed by atoms with Crippen LogP contribution in [0.15, 0.2) is 54.2 Å². The van der Waals surface area contributed by atoms with Crippen molar-refractivity contribution in [3.63, 3.8) is 0 Å². The van der Waals surface area contributed by atoms with Gasteiger partial charge in [-0.25, -0.2) is 0 Å². The van der Waals surface area contributed by atoms with E-state index in [1.165, 1.54) is 0 Å². The predicted octanol–water partition coefficient (Wildman–Crippen LogP) is 3.77. The molecule has 160 valence electrons. The van der Waals surface area contributed by atoms with Gasteiger partial charge in [-0.2, -0.15) is 0 Å². The van der Waals surface area contributed by atoms with Crippen LogP contribution in [0.4, 0.5) is 0 Å². The van der Waals surface area contributed by atoms with Gasteiger partial charge in [-0.3, -0.25) is 9.59 Å². The topological polar surface area (TPSA) is 76.6 Å². The molecule has 2 N–H and O–H groups in total. The third kappa shape index (κ3) is 3.64. The van der Waals surface area contributed by atoms with E-state index in [0.717, 1.165) is 27.6 Å². The van der Waals surface area contributed by atoms with Crippen molar-refractivity contribution in [2.24, 2.45) is 0 Å². The quantitative estimate of drug-likeness (QED) is 0.376. The number of likely N-dealkylation sites (tertiary alicyclic amines) is 1. The average molecular weight is 418 g/mol. The van der Waals surface area contributed by atoms with E-state index in [1.807, 2.05) is 75.4 Å². The number of hydrogen-bond acceptors (Lipinski definition) is 4. The Morgan fingerprint density at radius 2 is 1.84 bits per heavy atom. The molecule has 1 aliphatic heterocycles. The maximum Gasteiger partial charge on any atom is 0.295 e. The van der Waals surface area contributed by atoms with Crippen molar-refractivity contribution in [2.75, 3.05) is 27.2 Å². The molecule has 3 aromatic rings. The van der Waals surface area contributed by atoms with Crippen molar-refractivity contribution in [2.45, 2.75) is 19.9 Å². The van der Waals surface area contributed by atoms with E-state index in [0.29, 0.717) is 18.7 Å². The van der Waals surface area contributed by atoms with Gasteiger partial charge in [-0.15, -0.1) is 0 Å². The number of aryl methyl sites for hydroxylation is 2. The lowest BCUT2D eigenvalue weighted by Crippen LogP contribution is -2.35. The van der Waals surface area contributed by atoms with Crippen LogP contribution >= 0.6 is 0 Å². The molecule has 1 atom stereocenters. The number of carbonyl (C=O) groups is 2. The highest BCUT2D eigenvalue weighted by Gasteiger charge is 2.46. The van der Waals surface area contributed by atoms with Gasteiger partial charge >= 0.3 is 0 Å². The normalized spacial score (nSPS) is 18.5. The summed E-state index contributed by atoms with van der Waals surface area (Å²) in [4.78, 5) is 32.9. The molecule has 1 fully saturated rings. The van der Waals surface area contributed by atoms with Crippen LogP contribution in [0.2, 0.25) is 0 Å². The monoisotopic (exact) mass is 417 g/mol. The summed E-state index contributed by atoms with van der Waals surface area (Å²) in [5, 5.41) is 12.1. The molecule has 2 aromatic carbocycles. The minimum Gasteiger partial charge on any atom is -0.507 e. The zero-order valence-corrected chi connectivity index (χ0v) is 18.3. The van der Waals surface area contributed by atoms with Crippen molar-refractivity contribution in [1.29, 1.82) is 0 Å². The van der Waals surface area contributed by atoms with Crippen LogP contribution in [0.1, 0.15) is 28.3 Å². The molecule has 1 unspecified atom stereocenters. The number of amides is 1. The van der Waals surface area contributed by atoms with Crippen LogP contribution < -0.4 is 0 Å². The van der Waals surface area contributed by atoms with E-state index in [4.69, 9.17) is 0 Å². The first-order valence-electron chi connectivity index (χ1n) is 10.4. The highest BCUT2D eigenvalue weighted by Crippen LogP contribution is 2.41. The Kier molecular flexibility index (Phi) is 5.41. The number of aromatic nitrogens is 1. The minimum atomic E-state index is -0.655. The number of nitrogens with one attached hydrogen (secondary N) is 1. The highest BCUT2D eigenvalue weighted by molar-refractivity contribution is 6.46.